The minimum absolute atomic E-state index is 0.00921. The van der Waals surface area contributed by atoms with Crippen LogP contribution in [-0.2, 0) is 15.3 Å². The summed E-state index contributed by atoms with van der Waals surface area (Å²) in [5, 5.41) is 2.89. The summed E-state index contributed by atoms with van der Waals surface area (Å²) >= 11 is 3.48. The van der Waals surface area contributed by atoms with Crippen molar-refractivity contribution in [2.45, 2.75) is 28.4 Å². The molecule has 1 aliphatic heterocycles. The Morgan fingerprint density at radius 2 is 1.87 bits per heavy atom. The Kier molecular flexibility index (Phi) is 7.27. The molecule has 0 fully saturated rings. The fourth-order valence-corrected chi connectivity index (χ4v) is 5.12. The molecule has 7 heteroatoms. The Bertz CT molecular complexity index is 1040. The highest BCUT2D eigenvalue weighted by atomic mass is 32.2. The van der Waals surface area contributed by atoms with Crippen LogP contribution in [0, 0.1) is 0 Å². The van der Waals surface area contributed by atoms with Crippen LogP contribution in [-0.4, -0.2) is 29.1 Å². The zero-order chi connectivity index (χ0) is 21.5. The average molecular weight is 450 g/mol. The Hall–Kier alpha value is -2.77. The fraction of sp³-hybridized carbons (Fsp3) is 0.208. The first kappa shape index (κ1) is 21.5. The van der Waals surface area contributed by atoms with Gasteiger partial charge in [-0.25, -0.2) is 0 Å². The predicted octanol–water partition coefficient (Wildman–Crippen LogP) is 5.23. The van der Waals surface area contributed by atoms with Crippen molar-refractivity contribution in [3.05, 3.63) is 78.6 Å². The SMILES string of the molecule is O=C(CCC(=O)N1CCSc2ccccc21)Nc1ccc(SCc2cccnc2)cc1. The van der Waals surface area contributed by atoms with E-state index in [0.717, 1.165) is 32.7 Å². The second-order valence-corrected chi connectivity index (χ2v) is 9.27. The predicted molar refractivity (Wildman–Crippen MR) is 128 cm³/mol. The van der Waals surface area contributed by atoms with Crippen molar-refractivity contribution >= 4 is 46.7 Å². The average Bonchev–Trinajstić information content (AvgIpc) is 2.82. The van der Waals surface area contributed by atoms with Crippen LogP contribution in [0.3, 0.4) is 0 Å². The van der Waals surface area contributed by atoms with E-state index in [9.17, 15) is 9.59 Å². The lowest BCUT2D eigenvalue weighted by atomic mass is 10.2. The number of thioether (sulfide) groups is 2. The number of rotatable bonds is 7. The van der Waals surface area contributed by atoms with Crippen LogP contribution >= 0.6 is 23.5 Å². The third-order valence-electron chi connectivity index (χ3n) is 4.86. The number of benzene rings is 2. The summed E-state index contributed by atoms with van der Waals surface area (Å²) in [6.45, 7) is 0.681. The van der Waals surface area contributed by atoms with Crippen LogP contribution in [0.4, 0.5) is 11.4 Å². The number of amides is 2. The second kappa shape index (κ2) is 10.5. The quantitative estimate of drug-likeness (QED) is 0.500. The normalized spacial score (nSPS) is 12.8. The van der Waals surface area contributed by atoms with Crippen LogP contribution in [0.2, 0.25) is 0 Å². The minimum atomic E-state index is -0.149. The summed E-state index contributed by atoms with van der Waals surface area (Å²) in [4.78, 5) is 33.2. The maximum absolute atomic E-state index is 12.7. The number of carbonyl (C=O) groups excluding carboxylic acids is 2. The van der Waals surface area contributed by atoms with E-state index in [4.69, 9.17) is 0 Å². The lowest BCUT2D eigenvalue weighted by Crippen LogP contribution is -2.35. The zero-order valence-electron chi connectivity index (χ0n) is 17.0. The van der Waals surface area contributed by atoms with Crippen LogP contribution in [0.1, 0.15) is 18.4 Å². The maximum Gasteiger partial charge on any atom is 0.227 e. The topological polar surface area (TPSA) is 62.3 Å². The molecule has 0 radical (unpaired) electrons. The summed E-state index contributed by atoms with van der Waals surface area (Å²) in [6, 6.07) is 19.7. The van der Waals surface area contributed by atoms with Gasteiger partial charge in [-0.2, -0.15) is 0 Å². The van der Waals surface area contributed by atoms with Crippen molar-refractivity contribution in [3.8, 4) is 0 Å². The van der Waals surface area contributed by atoms with E-state index < -0.39 is 0 Å². The van der Waals surface area contributed by atoms with E-state index in [2.05, 4.69) is 16.4 Å². The molecule has 158 valence electrons. The molecule has 1 aromatic heterocycles. The summed E-state index contributed by atoms with van der Waals surface area (Å²) in [5.41, 5.74) is 2.86. The zero-order valence-corrected chi connectivity index (χ0v) is 18.6. The minimum Gasteiger partial charge on any atom is -0.326 e. The molecule has 1 N–H and O–H groups in total. The molecule has 0 unspecified atom stereocenters. The molecule has 0 saturated heterocycles. The number of anilines is 2. The van der Waals surface area contributed by atoms with Crippen molar-refractivity contribution in [3.63, 3.8) is 0 Å². The summed E-state index contributed by atoms with van der Waals surface area (Å²) in [5.74, 6) is 1.56. The molecular weight excluding hydrogens is 426 g/mol. The second-order valence-electron chi connectivity index (χ2n) is 7.08. The highest BCUT2D eigenvalue weighted by Gasteiger charge is 2.22. The number of carbonyl (C=O) groups is 2. The van der Waals surface area contributed by atoms with Crippen molar-refractivity contribution < 1.29 is 9.59 Å². The number of fused-ring (bicyclic) bond motifs is 1. The fourth-order valence-electron chi connectivity index (χ4n) is 3.29. The molecule has 0 atom stereocenters. The van der Waals surface area contributed by atoms with Gasteiger partial charge in [0.2, 0.25) is 11.8 Å². The van der Waals surface area contributed by atoms with Gasteiger partial charge in [0, 0.05) is 58.8 Å². The number of hydrogen-bond acceptors (Lipinski definition) is 5. The summed E-state index contributed by atoms with van der Waals surface area (Å²) in [7, 11) is 0. The van der Waals surface area contributed by atoms with Gasteiger partial charge < -0.3 is 10.2 Å². The first-order chi connectivity index (χ1) is 15.2. The lowest BCUT2D eigenvalue weighted by molar-refractivity contribution is -0.122. The van der Waals surface area contributed by atoms with Gasteiger partial charge >= 0.3 is 0 Å². The smallest absolute Gasteiger partial charge is 0.227 e. The molecule has 2 heterocycles. The molecule has 31 heavy (non-hydrogen) atoms. The molecular formula is C24H23N3O2S2. The Morgan fingerprint density at radius 3 is 2.68 bits per heavy atom. The van der Waals surface area contributed by atoms with Gasteiger partial charge in [-0.15, -0.1) is 23.5 Å². The van der Waals surface area contributed by atoms with Gasteiger partial charge in [0.05, 0.1) is 5.69 Å². The highest BCUT2D eigenvalue weighted by Crippen LogP contribution is 2.34. The van der Waals surface area contributed by atoms with E-state index >= 15 is 0 Å². The third-order valence-corrected chi connectivity index (χ3v) is 6.99. The van der Waals surface area contributed by atoms with Crippen molar-refractivity contribution in [2.75, 3.05) is 22.5 Å². The molecule has 0 aliphatic carbocycles. The monoisotopic (exact) mass is 449 g/mol. The highest BCUT2D eigenvalue weighted by molar-refractivity contribution is 7.99. The third kappa shape index (κ3) is 5.89. The van der Waals surface area contributed by atoms with E-state index in [1.807, 2.05) is 60.8 Å². The standard InChI is InChI=1S/C24H23N3O2S2/c28-23(11-12-24(29)27-14-15-30-22-6-2-1-5-21(22)27)26-19-7-9-20(10-8-19)31-17-18-4-3-13-25-16-18/h1-10,13,16H,11-12,14-15,17H2,(H,26,28). The molecule has 5 nitrogen and oxygen atoms in total. The summed E-state index contributed by atoms with van der Waals surface area (Å²) in [6.07, 6.45) is 4.00. The Balaban J connectivity index is 1.25. The van der Waals surface area contributed by atoms with Crippen LogP contribution in [0.15, 0.2) is 82.8 Å². The van der Waals surface area contributed by atoms with Crippen LogP contribution in [0.25, 0.3) is 0 Å². The van der Waals surface area contributed by atoms with E-state index in [1.165, 1.54) is 5.56 Å². The maximum atomic E-state index is 12.7. The molecule has 0 bridgehead atoms. The molecule has 1 aliphatic rings. The molecule has 2 amide bonds. The van der Waals surface area contributed by atoms with Crippen molar-refractivity contribution in [2.24, 2.45) is 0 Å². The molecule has 0 spiro atoms. The van der Waals surface area contributed by atoms with Crippen LogP contribution < -0.4 is 10.2 Å². The van der Waals surface area contributed by atoms with Gasteiger partial charge in [0.1, 0.15) is 0 Å². The largest absolute Gasteiger partial charge is 0.326 e. The number of para-hydroxylation sites is 1. The van der Waals surface area contributed by atoms with E-state index in [1.54, 1.807) is 34.6 Å². The first-order valence-corrected chi connectivity index (χ1v) is 12.1. The van der Waals surface area contributed by atoms with Crippen molar-refractivity contribution in [1.29, 1.82) is 0 Å². The Labute approximate surface area is 190 Å². The number of pyridine rings is 1. The Morgan fingerprint density at radius 1 is 1.03 bits per heavy atom. The van der Waals surface area contributed by atoms with E-state index in [0.29, 0.717) is 6.54 Å². The first-order valence-electron chi connectivity index (χ1n) is 10.1. The van der Waals surface area contributed by atoms with Gasteiger partial charge in [0.25, 0.3) is 0 Å². The van der Waals surface area contributed by atoms with Gasteiger partial charge in [-0.3, -0.25) is 14.6 Å². The molecule has 0 saturated carbocycles. The molecule has 3 aromatic rings. The van der Waals surface area contributed by atoms with Gasteiger partial charge in [0.15, 0.2) is 0 Å². The molecule has 2 aromatic carbocycles. The number of nitrogens with zero attached hydrogens (tertiary/aromatic N) is 2. The van der Waals surface area contributed by atoms with Gasteiger partial charge in [-0.1, -0.05) is 18.2 Å². The lowest BCUT2D eigenvalue weighted by Gasteiger charge is -2.29. The van der Waals surface area contributed by atoms with Crippen LogP contribution in [0.5, 0.6) is 0 Å². The number of aromatic nitrogens is 1. The number of nitrogens with one attached hydrogen (secondary N) is 1. The molecule has 4 rings (SSSR count). The number of hydrogen-bond donors (Lipinski definition) is 1. The van der Waals surface area contributed by atoms with Gasteiger partial charge in [-0.05, 0) is 48.0 Å². The van der Waals surface area contributed by atoms with E-state index in [-0.39, 0.29) is 24.7 Å². The van der Waals surface area contributed by atoms with Crippen molar-refractivity contribution in [1.82, 2.24) is 4.98 Å². The summed E-state index contributed by atoms with van der Waals surface area (Å²) < 4.78 is 0.